The number of carbonyl (C=O) groups excluding carboxylic acids is 1. The van der Waals surface area contributed by atoms with Crippen LogP contribution in [0.1, 0.15) is 42.9 Å². The van der Waals surface area contributed by atoms with Crippen LogP contribution in [0.15, 0.2) is 78.9 Å². The average molecular weight is 498 g/mol. The Morgan fingerprint density at radius 3 is 2.32 bits per heavy atom. The van der Waals surface area contributed by atoms with Crippen molar-refractivity contribution >= 4 is 11.6 Å². The fraction of sp³-hybridized carbons (Fsp3) is 0.406. The minimum Gasteiger partial charge on any atom is -0.378 e. The molecule has 1 aliphatic heterocycles. The van der Waals surface area contributed by atoms with E-state index in [0.717, 1.165) is 70.5 Å². The first-order valence-corrected chi connectivity index (χ1v) is 13.8. The predicted octanol–water partition coefficient (Wildman–Crippen LogP) is 5.36. The van der Waals surface area contributed by atoms with Crippen molar-refractivity contribution < 1.29 is 9.53 Å². The number of benzene rings is 3. The lowest BCUT2D eigenvalue weighted by molar-refractivity contribution is -0.127. The molecule has 2 fully saturated rings. The highest BCUT2D eigenvalue weighted by Gasteiger charge is 2.27. The van der Waals surface area contributed by atoms with Gasteiger partial charge in [-0.1, -0.05) is 60.7 Å². The van der Waals surface area contributed by atoms with Crippen LogP contribution in [0, 0.1) is 11.8 Å². The number of hydrogen-bond donors (Lipinski definition) is 2. The predicted molar refractivity (Wildman–Crippen MR) is 150 cm³/mol. The van der Waals surface area contributed by atoms with Crippen molar-refractivity contribution in [3.63, 3.8) is 0 Å². The molecule has 0 aromatic heterocycles. The molecule has 37 heavy (non-hydrogen) atoms. The van der Waals surface area contributed by atoms with Gasteiger partial charge in [0.1, 0.15) is 0 Å². The molecular weight excluding hydrogens is 458 g/mol. The van der Waals surface area contributed by atoms with Gasteiger partial charge in [-0.05, 0) is 85.0 Å². The van der Waals surface area contributed by atoms with E-state index in [-0.39, 0.29) is 17.9 Å². The van der Waals surface area contributed by atoms with Crippen molar-refractivity contribution in [1.29, 1.82) is 0 Å². The van der Waals surface area contributed by atoms with Crippen molar-refractivity contribution in [2.24, 2.45) is 17.6 Å². The molecule has 1 saturated heterocycles. The number of ether oxygens (including phenoxy) is 1. The summed E-state index contributed by atoms with van der Waals surface area (Å²) in [7, 11) is 0. The van der Waals surface area contributed by atoms with Crippen molar-refractivity contribution in [2.75, 3.05) is 37.7 Å². The number of nitrogens with two attached hydrogens (primary N) is 1. The van der Waals surface area contributed by atoms with Crippen LogP contribution in [0.4, 0.5) is 5.69 Å². The highest BCUT2D eigenvalue weighted by atomic mass is 16.5. The lowest BCUT2D eigenvalue weighted by atomic mass is 9.81. The number of anilines is 1. The summed E-state index contributed by atoms with van der Waals surface area (Å²) < 4.78 is 5.49. The molecule has 1 atom stereocenters. The highest BCUT2D eigenvalue weighted by Crippen LogP contribution is 2.31. The van der Waals surface area contributed by atoms with Crippen LogP contribution in [0.5, 0.6) is 0 Å². The molecule has 5 nitrogen and oxygen atoms in total. The molecule has 1 aliphatic carbocycles. The standard InChI is InChI=1S/C32H39N3O2/c33-23-25-9-11-27(12-10-25)32(36)34-31(21-24-5-2-1-3-6-24)29-8-4-7-28(22-29)26-13-15-30(16-14-26)35-17-19-37-20-18-35/h1-8,13-16,22,25,27,31H,9-12,17-21,23,33H2,(H,34,36). The average Bonchev–Trinajstić information content (AvgIpc) is 2.98. The van der Waals surface area contributed by atoms with E-state index < -0.39 is 0 Å². The van der Waals surface area contributed by atoms with Gasteiger partial charge in [-0.25, -0.2) is 0 Å². The van der Waals surface area contributed by atoms with Crippen LogP contribution in [0.25, 0.3) is 11.1 Å². The van der Waals surface area contributed by atoms with E-state index in [0.29, 0.717) is 5.92 Å². The van der Waals surface area contributed by atoms with E-state index >= 15 is 0 Å². The Labute approximate surface area is 221 Å². The maximum Gasteiger partial charge on any atom is 0.223 e. The summed E-state index contributed by atoms with van der Waals surface area (Å²) in [4.78, 5) is 15.7. The summed E-state index contributed by atoms with van der Waals surface area (Å²) in [6.45, 7) is 4.16. The number of carbonyl (C=O) groups is 1. The molecule has 5 heteroatoms. The zero-order valence-corrected chi connectivity index (χ0v) is 21.6. The van der Waals surface area contributed by atoms with E-state index in [2.05, 4.69) is 83.0 Å². The Kier molecular flexibility index (Phi) is 8.54. The summed E-state index contributed by atoms with van der Waals surface area (Å²) in [5.41, 5.74) is 11.8. The molecule has 1 heterocycles. The molecule has 0 spiro atoms. The second kappa shape index (κ2) is 12.4. The van der Waals surface area contributed by atoms with Crippen LogP contribution in [-0.4, -0.2) is 38.8 Å². The fourth-order valence-electron chi connectivity index (χ4n) is 5.67. The number of nitrogens with zero attached hydrogens (tertiary/aromatic N) is 1. The van der Waals surface area contributed by atoms with Crippen molar-refractivity contribution in [3.05, 3.63) is 90.0 Å². The lowest BCUT2D eigenvalue weighted by Gasteiger charge is -2.29. The van der Waals surface area contributed by atoms with Crippen LogP contribution in [0.3, 0.4) is 0 Å². The molecule has 2 aliphatic rings. The van der Waals surface area contributed by atoms with Gasteiger partial charge in [0.05, 0.1) is 19.3 Å². The summed E-state index contributed by atoms with van der Waals surface area (Å²) in [5.74, 6) is 0.823. The molecule has 194 valence electrons. The molecular formula is C32H39N3O2. The smallest absolute Gasteiger partial charge is 0.223 e. The van der Waals surface area contributed by atoms with Gasteiger partial charge >= 0.3 is 0 Å². The first-order chi connectivity index (χ1) is 18.2. The van der Waals surface area contributed by atoms with Gasteiger partial charge in [-0.15, -0.1) is 0 Å². The van der Waals surface area contributed by atoms with Crippen LogP contribution < -0.4 is 16.0 Å². The van der Waals surface area contributed by atoms with Crippen LogP contribution in [0.2, 0.25) is 0 Å². The molecule has 1 saturated carbocycles. The molecule has 0 bridgehead atoms. The molecule has 1 amide bonds. The second-order valence-corrected chi connectivity index (χ2v) is 10.5. The number of hydrogen-bond acceptors (Lipinski definition) is 4. The fourth-order valence-corrected chi connectivity index (χ4v) is 5.67. The summed E-state index contributed by atoms with van der Waals surface area (Å²) in [5, 5.41) is 3.43. The van der Waals surface area contributed by atoms with Gasteiger partial charge in [0, 0.05) is 24.7 Å². The van der Waals surface area contributed by atoms with Crippen LogP contribution in [-0.2, 0) is 16.0 Å². The third-order valence-electron chi connectivity index (χ3n) is 8.02. The minimum absolute atomic E-state index is 0.0743. The SMILES string of the molecule is NCC1CCC(C(=O)NC(Cc2ccccc2)c2cccc(-c3ccc(N4CCOCC4)cc3)c2)CC1. The first-order valence-electron chi connectivity index (χ1n) is 13.8. The molecule has 3 aromatic carbocycles. The Bertz CT molecular complexity index is 1130. The molecule has 3 N–H and O–H groups in total. The molecule has 5 rings (SSSR count). The van der Waals surface area contributed by atoms with Gasteiger partial charge < -0.3 is 20.7 Å². The highest BCUT2D eigenvalue weighted by molar-refractivity contribution is 5.79. The Morgan fingerprint density at radius 1 is 0.892 bits per heavy atom. The normalized spacial score (nSPS) is 20.8. The maximum atomic E-state index is 13.4. The quantitative estimate of drug-likeness (QED) is 0.440. The van der Waals surface area contributed by atoms with E-state index in [1.54, 1.807) is 0 Å². The summed E-state index contributed by atoms with van der Waals surface area (Å²) >= 11 is 0. The minimum atomic E-state index is -0.0743. The molecule has 0 radical (unpaired) electrons. The van der Waals surface area contributed by atoms with E-state index in [9.17, 15) is 4.79 Å². The number of nitrogens with one attached hydrogen (secondary N) is 1. The van der Waals surface area contributed by atoms with E-state index in [1.165, 1.54) is 22.4 Å². The Hall–Kier alpha value is -3.15. The maximum absolute atomic E-state index is 13.4. The monoisotopic (exact) mass is 497 g/mol. The largest absolute Gasteiger partial charge is 0.378 e. The van der Waals surface area contributed by atoms with Crippen molar-refractivity contribution in [2.45, 2.75) is 38.1 Å². The third-order valence-corrected chi connectivity index (χ3v) is 8.02. The number of rotatable bonds is 8. The van der Waals surface area contributed by atoms with Gasteiger partial charge in [-0.3, -0.25) is 4.79 Å². The molecule has 3 aromatic rings. The molecule has 1 unspecified atom stereocenters. The van der Waals surface area contributed by atoms with Gasteiger partial charge in [0.15, 0.2) is 0 Å². The van der Waals surface area contributed by atoms with E-state index in [4.69, 9.17) is 10.5 Å². The van der Waals surface area contributed by atoms with E-state index in [1.807, 2.05) is 6.07 Å². The summed E-state index contributed by atoms with van der Waals surface area (Å²) in [6, 6.07) is 27.8. The topological polar surface area (TPSA) is 67.6 Å². The third kappa shape index (κ3) is 6.60. The Morgan fingerprint density at radius 2 is 1.62 bits per heavy atom. The van der Waals surface area contributed by atoms with Gasteiger partial charge in [0.2, 0.25) is 5.91 Å². The van der Waals surface area contributed by atoms with Gasteiger partial charge in [-0.2, -0.15) is 0 Å². The lowest BCUT2D eigenvalue weighted by Crippen LogP contribution is -2.37. The number of morpholine rings is 1. The van der Waals surface area contributed by atoms with Crippen LogP contribution >= 0.6 is 0 Å². The Balaban J connectivity index is 1.34. The zero-order chi connectivity index (χ0) is 25.5. The summed E-state index contributed by atoms with van der Waals surface area (Å²) in [6.07, 6.45) is 4.73. The van der Waals surface area contributed by atoms with Crippen molar-refractivity contribution in [1.82, 2.24) is 5.32 Å². The van der Waals surface area contributed by atoms with Gasteiger partial charge in [0.25, 0.3) is 0 Å². The first kappa shape index (κ1) is 25.5. The zero-order valence-electron chi connectivity index (χ0n) is 21.6. The van der Waals surface area contributed by atoms with Crippen molar-refractivity contribution in [3.8, 4) is 11.1 Å². The number of amides is 1. The second-order valence-electron chi connectivity index (χ2n) is 10.5.